The molecule has 1 aliphatic rings. The van der Waals surface area contributed by atoms with Crippen LogP contribution < -0.4 is 5.32 Å². The van der Waals surface area contributed by atoms with Gasteiger partial charge < -0.3 is 15.0 Å². The van der Waals surface area contributed by atoms with E-state index in [9.17, 15) is 9.59 Å². The predicted octanol–water partition coefficient (Wildman–Crippen LogP) is 0.540. The number of hydrogen-bond donors (Lipinski definition) is 1. The molecule has 1 aliphatic heterocycles. The van der Waals surface area contributed by atoms with Gasteiger partial charge in [0.1, 0.15) is 6.61 Å². The van der Waals surface area contributed by atoms with E-state index in [2.05, 4.69) is 5.32 Å². The Balaban J connectivity index is 2.17. The fraction of sp³-hybridized carbons (Fsp3) is 0.833. The molecule has 1 saturated heterocycles. The Morgan fingerprint density at radius 3 is 2.35 bits per heavy atom. The highest BCUT2D eigenvalue weighted by molar-refractivity contribution is 5.85. The third-order valence-electron chi connectivity index (χ3n) is 2.53. The van der Waals surface area contributed by atoms with Crippen molar-refractivity contribution < 1.29 is 14.3 Å². The predicted molar refractivity (Wildman–Crippen MR) is 64.5 cm³/mol. The summed E-state index contributed by atoms with van der Waals surface area (Å²) < 4.78 is 5.31. The average Bonchev–Trinajstić information content (AvgIpc) is 2.75. The van der Waals surface area contributed by atoms with Gasteiger partial charge in [-0.05, 0) is 33.6 Å². The van der Waals surface area contributed by atoms with Gasteiger partial charge in [-0.15, -0.1) is 0 Å². The highest BCUT2D eigenvalue weighted by Crippen LogP contribution is 2.07. The Labute approximate surface area is 102 Å². The number of carbonyl (C=O) groups is 2. The highest BCUT2D eigenvalue weighted by Gasteiger charge is 2.18. The van der Waals surface area contributed by atoms with E-state index in [1.54, 1.807) is 4.90 Å². The van der Waals surface area contributed by atoms with Gasteiger partial charge in [0.05, 0.1) is 12.1 Å². The maximum absolute atomic E-state index is 11.6. The molecular formula is C12H22N2O3. The van der Waals surface area contributed by atoms with Gasteiger partial charge in [-0.1, -0.05) is 0 Å². The number of ether oxygens (including phenoxy) is 1. The first-order chi connectivity index (χ1) is 7.88. The van der Waals surface area contributed by atoms with Gasteiger partial charge in [0, 0.05) is 13.1 Å². The Bertz CT molecular complexity index is 278. The lowest BCUT2D eigenvalue weighted by molar-refractivity contribution is -0.135. The van der Waals surface area contributed by atoms with Crippen molar-refractivity contribution in [3.63, 3.8) is 0 Å². The molecule has 0 aromatic heterocycles. The van der Waals surface area contributed by atoms with E-state index in [-0.39, 0.29) is 30.6 Å². The highest BCUT2D eigenvalue weighted by atomic mass is 16.5. The maximum Gasteiger partial charge on any atom is 0.246 e. The van der Waals surface area contributed by atoms with Crippen molar-refractivity contribution in [1.82, 2.24) is 10.2 Å². The number of nitrogens with zero attached hydrogens (tertiary/aromatic N) is 1. The van der Waals surface area contributed by atoms with Crippen LogP contribution in [0, 0.1) is 0 Å². The van der Waals surface area contributed by atoms with Crippen LogP contribution in [0.3, 0.4) is 0 Å². The van der Waals surface area contributed by atoms with Crippen LogP contribution in [-0.2, 0) is 14.3 Å². The van der Waals surface area contributed by atoms with E-state index >= 15 is 0 Å². The first-order valence-corrected chi connectivity index (χ1v) is 6.07. The van der Waals surface area contributed by atoms with Crippen LogP contribution in [0.15, 0.2) is 0 Å². The van der Waals surface area contributed by atoms with Crippen LogP contribution in [0.25, 0.3) is 0 Å². The lowest BCUT2D eigenvalue weighted by atomic mass is 10.2. The topological polar surface area (TPSA) is 58.6 Å². The molecule has 0 spiro atoms. The lowest BCUT2D eigenvalue weighted by Crippen LogP contribution is -2.40. The number of hydrogen-bond acceptors (Lipinski definition) is 3. The second kappa shape index (κ2) is 6.00. The molecule has 2 amide bonds. The van der Waals surface area contributed by atoms with Gasteiger partial charge in [0.15, 0.2) is 0 Å². The molecule has 0 unspecified atom stereocenters. The van der Waals surface area contributed by atoms with E-state index in [1.807, 2.05) is 20.8 Å². The molecule has 1 N–H and O–H groups in total. The van der Waals surface area contributed by atoms with Crippen molar-refractivity contribution in [2.24, 2.45) is 0 Å². The van der Waals surface area contributed by atoms with Crippen LogP contribution in [-0.4, -0.2) is 48.6 Å². The zero-order valence-corrected chi connectivity index (χ0v) is 10.9. The number of amides is 2. The Morgan fingerprint density at radius 2 is 1.82 bits per heavy atom. The summed E-state index contributed by atoms with van der Waals surface area (Å²) >= 11 is 0. The third-order valence-corrected chi connectivity index (χ3v) is 2.53. The summed E-state index contributed by atoms with van der Waals surface area (Å²) in [6.45, 7) is 7.35. The smallest absolute Gasteiger partial charge is 0.246 e. The molecule has 0 aliphatic carbocycles. The fourth-order valence-corrected chi connectivity index (χ4v) is 1.59. The quantitative estimate of drug-likeness (QED) is 0.783. The molecule has 98 valence electrons. The van der Waals surface area contributed by atoms with Gasteiger partial charge in [0.25, 0.3) is 0 Å². The second-order valence-corrected chi connectivity index (χ2v) is 5.27. The average molecular weight is 242 g/mol. The minimum absolute atomic E-state index is 0.00319. The van der Waals surface area contributed by atoms with Crippen LogP contribution in [0.1, 0.15) is 33.6 Å². The molecule has 17 heavy (non-hydrogen) atoms. The van der Waals surface area contributed by atoms with Gasteiger partial charge in [0.2, 0.25) is 11.8 Å². The van der Waals surface area contributed by atoms with Gasteiger partial charge in [-0.25, -0.2) is 0 Å². The number of rotatable bonds is 4. The van der Waals surface area contributed by atoms with Gasteiger partial charge in [-0.3, -0.25) is 9.59 Å². The van der Waals surface area contributed by atoms with Crippen LogP contribution >= 0.6 is 0 Å². The monoisotopic (exact) mass is 242 g/mol. The Morgan fingerprint density at radius 1 is 1.24 bits per heavy atom. The summed E-state index contributed by atoms with van der Waals surface area (Å²) in [5.41, 5.74) is -0.337. The number of nitrogens with one attached hydrogen (secondary N) is 1. The molecular weight excluding hydrogens is 220 g/mol. The van der Waals surface area contributed by atoms with Crippen molar-refractivity contribution in [1.29, 1.82) is 0 Å². The van der Waals surface area contributed by atoms with Gasteiger partial charge >= 0.3 is 0 Å². The summed E-state index contributed by atoms with van der Waals surface area (Å²) in [5.74, 6) is -0.251. The molecule has 0 bridgehead atoms. The van der Waals surface area contributed by atoms with Crippen LogP contribution in [0.4, 0.5) is 0 Å². The molecule has 5 heteroatoms. The normalized spacial score (nSPS) is 16.1. The Hall–Kier alpha value is -1.10. The van der Waals surface area contributed by atoms with Crippen molar-refractivity contribution >= 4 is 11.8 Å². The van der Waals surface area contributed by atoms with Crippen molar-refractivity contribution in [2.45, 2.75) is 39.2 Å². The molecule has 0 saturated carbocycles. The molecule has 0 radical (unpaired) electrons. The molecule has 1 fully saturated rings. The van der Waals surface area contributed by atoms with Crippen molar-refractivity contribution in [3.8, 4) is 0 Å². The lowest BCUT2D eigenvalue weighted by Gasteiger charge is -2.19. The molecule has 1 heterocycles. The number of likely N-dealkylation sites (tertiary alicyclic amines) is 1. The van der Waals surface area contributed by atoms with Crippen molar-refractivity contribution in [2.75, 3.05) is 26.2 Å². The van der Waals surface area contributed by atoms with Crippen LogP contribution in [0.5, 0.6) is 0 Å². The third kappa shape index (κ3) is 5.68. The summed E-state index contributed by atoms with van der Waals surface area (Å²) in [6, 6.07) is 0. The minimum atomic E-state index is -0.337. The Kier molecular flexibility index (Phi) is 4.93. The molecule has 1 rings (SSSR count). The standard InChI is InChI=1S/C12H22N2O3/c1-12(2,3)17-9-10(15)13-8-11(16)14-6-4-5-7-14/h4-9H2,1-3H3,(H,13,15). The van der Waals surface area contributed by atoms with Crippen molar-refractivity contribution in [3.05, 3.63) is 0 Å². The van der Waals surface area contributed by atoms with E-state index in [0.29, 0.717) is 0 Å². The second-order valence-electron chi connectivity index (χ2n) is 5.27. The zero-order chi connectivity index (χ0) is 12.9. The maximum atomic E-state index is 11.6. The summed E-state index contributed by atoms with van der Waals surface area (Å²) in [5, 5.41) is 2.58. The zero-order valence-electron chi connectivity index (χ0n) is 10.9. The first kappa shape index (κ1) is 14.0. The van der Waals surface area contributed by atoms with E-state index in [1.165, 1.54) is 0 Å². The van der Waals surface area contributed by atoms with E-state index < -0.39 is 0 Å². The summed E-state index contributed by atoms with van der Waals surface area (Å²) in [4.78, 5) is 24.8. The van der Waals surface area contributed by atoms with E-state index in [4.69, 9.17) is 4.74 Å². The van der Waals surface area contributed by atoms with E-state index in [0.717, 1.165) is 25.9 Å². The molecule has 0 aromatic carbocycles. The molecule has 0 aromatic rings. The largest absolute Gasteiger partial charge is 0.366 e. The first-order valence-electron chi connectivity index (χ1n) is 6.07. The van der Waals surface area contributed by atoms with Crippen LogP contribution in [0.2, 0.25) is 0 Å². The molecule has 0 atom stereocenters. The SMILES string of the molecule is CC(C)(C)OCC(=O)NCC(=O)N1CCCC1. The fourth-order valence-electron chi connectivity index (χ4n) is 1.59. The summed E-state index contributed by atoms with van der Waals surface area (Å²) in [6.07, 6.45) is 2.12. The van der Waals surface area contributed by atoms with Gasteiger partial charge in [-0.2, -0.15) is 0 Å². The molecule has 5 nitrogen and oxygen atoms in total. The minimum Gasteiger partial charge on any atom is -0.366 e. The summed E-state index contributed by atoms with van der Waals surface area (Å²) in [7, 11) is 0. The number of carbonyl (C=O) groups excluding carboxylic acids is 2.